The molecule has 2 aliphatic heterocycles. The van der Waals surface area contributed by atoms with Gasteiger partial charge in [0.05, 0.1) is 25.6 Å². The summed E-state index contributed by atoms with van der Waals surface area (Å²) in [5.74, 6) is 0.320. The van der Waals surface area contributed by atoms with Crippen molar-refractivity contribution in [1.82, 2.24) is 19.5 Å². The van der Waals surface area contributed by atoms with Crippen LogP contribution in [0.4, 0.5) is 19.1 Å². The van der Waals surface area contributed by atoms with Crippen LogP contribution in [-0.4, -0.2) is 58.5 Å². The fourth-order valence-electron chi connectivity index (χ4n) is 3.32. The van der Waals surface area contributed by atoms with Crippen LogP contribution in [0.1, 0.15) is 12.1 Å². The number of nitrogens with zero attached hydrogens (tertiary/aromatic N) is 5. The molecule has 0 saturated carbocycles. The molecule has 0 aromatic carbocycles. The van der Waals surface area contributed by atoms with Crippen LogP contribution in [0.5, 0.6) is 0 Å². The number of morpholine rings is 1. The van der Waals surface area contributed by atoms with E-state index >= 15 is 0 Å². The number of alkyl halides is 3. The second-order valence-corrected chi connectivity index (χ2v) is 6.38. The maximum atomic E-state index is 13.4. The Bertz CT molecular complexity index is 772. The normalized spacial score (nSPS) is 25.0. The lowest BCUT2D eigenvalue weighted by Crippen LogP contribution is -2.46. The van der Waals surface area contributed by atoms with Gasteiger partial charge in [-0.15, -0.1) is 0 Å². The van der Waals surface area contributed by atoms with Crippen LogP contribution >= 0.6 is 0 Å². The molecule has 2 saturated heterocycles. The largest absolute Gasteiger partial charge is 0.435 e. The molecule has 0 amide bonds. The molecular weight excluding hydrogens is 339 g/mol. The first-order chi connectivity index (χ1) is 11.9. The number of fused-ring (bicyclic) bond motifs is 1. The molecule has 0 N–H and O–H groups in total. The van der Waals surface area contributed by atoms with Gasteiger partial charge in [-0.05, 0) is 6.42 Å². The SMILES string of the molecule is Cn1cnc2c(C(F)(F)F)nc(N3CCOC(C4CCOC4)C3)nc21. The number of imidazole rings is 1. The fraction of sp³-hybridized carbons (Fsp3) is 0.667. The summed E-state index contributed by atoms with van der Waals surface area (Å²) in [6, 6.07) is 0. The van der Waals surface area contributed by atoms with Gasteiger partial charge in [-0.2, -0.15) is 18.2 Å². The average Bonchev–Trinajstić information content (AvgIpc) is 3.24. The number of hydrogen-bond donors (Lipinski definition) is 0. The van der Waals surface area contributed by atoms with Crippen molar-refractivity contribution in [3.8, 4) is 0 Å². The Balaban J connectivity index is 1.69. The van der Waals surface area contributed by atoms with Crippen molar-refractivity contribution < 1.29 is 22.6 Å². The Morgan fingerprint density at radius 3 is 2.80 bits per heavy atom. The van der Waals surface area contributed by atoms with Gasteiger partial charge in [0, 0.05) is 32.7 Å². The number of aryl methyl sites for hydroxylation is 1. The fourth-order valence-corrected chi connectivity index (χ4v) is 3.32. The lowest BCUT2D eigenvalue weighted by molar-refractivity contribution is -0.139. The molecule has 2 aromatic heterocycles. The van der Waals surface area contributed by atoms with Crippen molar-refractivity contribution in [3.05, 3.63) is 12.0 Å². The molecule has 2 unspecified atom stereocenters. The molecule has 0 spiro atoms. The first-order valence-electron chi connectivity index (χ1n) is 8.14. The van der Waals surface area contributed by atoms with Crippen LogP contribution in [0.25, 0.3) is 11.2 Å². The van der Waals surface area contributed by atoms with Gasteiger partial charge in [-0.3, -0.25) is 0 Å². The van der Waals surface area contributed by atoms with E-state index in [0.717, 1.165) is 6.42 Å². The third-order valence-electron chi connectivity index (χ3n) is 4.68. The molecule has 7 nitrogen and oxygen atoms in total. The van der Waals surface area contributed by atoms with Crippen molar-refractivity contribution in [2.24, 2.45) is 13.0 Å². The summed E-state index contributed by atoms with van der Waals surface area (Å²) in [7, 11) is 1.62. The van der Waals surface area contributed by atoms with E-state index in [-0.39, 0.29) is 29.1 Å². The quantitative estimate of drug-likeness (QED) is 0.814. The van der Waals surface area contributed by atoms with Gasteiger partial charge in [-0.1, -0.05) is 0 Å². The molecule has 0 bridgehead atoms. The summed E-state index contributed by atoms with van der Waals surface area (Å²) in [4.78, 5) is 13.7. The number of aromatic nitrogens is 4. The van der Waals surface area contributed by atoms with Crippen LogP contribution in [-0.2, 0) is 22.7 Å². The smallest absolute Gasteiger partial charge is 0.381 e. The minimum absolute atomic E-state index is 0.0654. The zero-order valence-corrected chi connectivity index (χ0v) is 13.7. The highest BCUT2D eigenvalue weighted by Gasteiger charge is 2.38. The van der Waals surface area contributed by atoms with Gasteiger partial charge in [-0.25, -0.2) is 9.97 Å². The summed E-state index contributed by atoms with van der Waals surface area (Å²) < 4.78 is 52.8. The number of rotatable bonds is 2. The number of hydrogen-bond acceptors (Lipinski definition) is 6. The van der Waals surface area contributed by atoms with E-state index in [9.17, 15) is 13.2 Å². The van der Waals surface area contributed by atoms with Crippen molar-refractivity contribution in [2.45, 2.75) is 18.7 Å². The number of ether oxygens (including phenoxy) is 2. The highest BCUT2D eigenvalue weighted by molar-refractivity contribution is 5.75. The molecule has 4 rings (SSSR count). The summed E-state index contributed by atoms with van der Waals surface area (Å²) in [5.41, 5.74) is -1.06. The predicted molar refractivity (Wildman–Crippen MR) is 82.2 cm³/mol. The van der Waals surface area contributed by atoms with E-state index in [0.29, 0.717) is 32.9 Å². The van der Waals surface area contributed by atoms with E-state index in [2.05, 4.69) is 15.0 Å². The van der Waals surface area contributed by atoms with E-state index in [1.165, 1.54) is 10.9 Å². The van der Waals surface area contributed by atoms with Crippen LogP contribution in [0, 0.1) is 5.92 Å². The first-order valence-corrected chi connectivity index (χ1v) is 8.14. The molecule has 0 radical (unpaired) electrons. The van der Waals surface area contributed by atoms with E-state index < -0.39 is 11.9 Å². The molecule has 4 heterocycles. The Labute approximate surface area is 141 Å². The molecule has 2 fully saturated rings. The topological polar surface area (TPSA) is 65.3 Å². The maximum Gasteiger partial charge on any atom is 0.435 e. The maximum absolute atomic E-state index is 13.4. The van der Waals surface area contributed by atoms with Gasteiger partial charge in [0.25, 0.3) is 0 Å². The van der Waals surface area contributed by atoms with Crippen LogP contribution in [0.3, 0.4) is 0 Å². The van der Waals surface area contributed by atoms with Crippen LogP contribution < -0.4 is 4.90 Å². The van der Waals surface area contributed by atoms with Crippen molar-refractivity contribution >= 4 is 17.1 Å². The molecule has 25 heavy (non-hydrogen) atoms. The van der Waals surface area contributed by atoms with Gasteiger partial charge in [0.2, 0.25) is 5.95 Å². The molecule has 2 atom stereocenters. The monoisotopic (exact) mass is 357 g/mol. The van der Waals surface area contributed by atoms with Crippen molar-refractivity contribution in [3.63, 3.8) is 0 Å². The van der Waals surface area contributed by atoms with Gasteiger partial charge < -0.3 is 18.9 Å². The highest BCUT2D eigenvalue weighted by Crippen LogP contribution is 2.34. The zero-order valence-electron chi connectivity index (χ0n) is 13.7. The Morgan fingerprint density at radius 2 is 2.08 bits per heavy atom. The average molecular weight is 357 g/mol. The molecule has 0 aliphatic carbocycles. The van der Waals surface area contributed by atoms with E-state index in [4.69, 9.17) is 9.47 Å². The summed E-state index contributed by atoms with van der Waals surface area (Å²) in [6.07, 6.45) is -2.46. The van der Waals surface area contributed by atoms with Crippen molar-refractivity contribution in [2.75, 3.05) is 37.8 Å². The minimum atomic E-state index is -4.59. The van der Waals surface area contributed by atoms with Crippen LogP contribution in [0.15, 0.2) is 6.33 Å². The Morgan fingerprint density at radius 1 is 1.24 bits per heavy atom. The van der Waals surface area contributed by atoms with Crippen LogP contribution in [0.2, 0.25) is 0 Å². The van der Waals surface area contributed by atoms with Crippen molar-refractivity contribution in [1.29, 1.82) is 0 Å². The lowest BCUT2D eigenvalue weighted by Gasteiger charge is -2.35. The number of halogens is 3. The van der Waals surface area contributed by atoms with Gasteiger partial charge in [0.1, 0.15) is 5.52 Å². The van der Waals surface area contributed by atoms with Gasteiger partial charge in [0.15, 0.2) is 11.3 Å². The summed E-state index contributed by atoms with van der Waals surface area (Å²) in [6.45, 7) is 2.64. The second-order valence-electron chi connectivity index (χ2n) is 6.38. The molecular formula is C15H18F3N5O2. The molecule has 2 aliphatic rings. The number of anilines is 1. The Hall–Kier alpha value is -1.94. The standard InChI is InChI=1S/C15H18F3N5O2/c1-22-8-19-11-12(15(16,17)18)20-14(21-13(11)22)23-3-5-25-10(6-23)9-2-4-24-7-9/h8-10H,2-7H2,1H3. The third-order valence-corrected chi connectivity index (χ3v) is 4.68. The minimum Gasteiger partial charge on any atom is -0.381 e. The van der Waals surface area contributed by atoms with E-state index in [1.807, 2.05) is 0 Å². The van der Waals surface area contributed by atoms with E-state index in [1.54, 1.807) is 11.9 Å². The molecule has 136 valence electrons. The zero-order chi connectivity index (χ0) is 17.6. The predicted octanol–water partition coefficient (Wildman–Crippen LogP) is 1.62. The molecule has 2 aromatic rings. The third kappa shape index (κ3) is 3.04. The lowest BCUT2D eigenvalue weighted by atomic mass is 10.0. The summed E-state index contributed by atoms with van der Waals surface area (Å²) in [5, 5.41) is 0. The summed E-state index contributed by atoms with van der Waals surface area (Å²) >= 11 is 0. The highest BCUT2D eigenvalue weighted by atomic mass is 19.4. The second kappa shape index (κ2) is 6.10. The first kappa shape index (κ1) is 16.5. The molecule has 10 heteroatoms. The van der Waals surface area contributed by atoms with Gasteiger partial charge >= 0.3 is 6.18 Å². The Kier molecular flexibility index (Phi) is 4.03.